The molecule has 1 rings (SSSR count). The molecule has 1 aromatic rings. The van der Waals surface area contributed by atoms with Crippen LogP contribution >= 0.6 is 0 Å². The smallest absolute Gasteiger partial charge is 0.271 e. The van der Waals surface area contributed by atoms with Gasteiger partial charge in [-0.2, -0.15) is 0 Å². The maximum atomic E-state index is 10.7. The molecule has 0 radical (unpaired) electrons. The molecule has 16 heavy (non-hydrogen) atoms. The Morgan fingerprint density at radius 3 is 2.19 bits per heavy atom. The Labute approximate surface area is 96.0 Å². The highest BCUT2D eigenvalue weighted by Gasteiger charge is 2.21. The summed E-state index contributed by atoms with van der Waals surface area (Å²) in [6.45, 7) is 6.30. The first kappa shape index (κ1) is 12.5. The van der Waals surface area contributed by atoms with E-state index in [2.05, 4.69) is 20.8 Å². The Morgan fingerprint density at radius 2 is 1.81 bits per heavy atom. The van der Waals surface area contributed by atoms with E-state index in [0.717, 1.165) is 11.3 Å². The number of hydrogen-bond donors (Lipinski definition) is 0. The lowest BCUT2D eigenvalue weighted by Gasteiger charge is -2.26. The topological polar surface area (TPSA) is 46.4 Å². The van der Waals surface area contributed by atoms with E-state index in [9.17, 15) is 10.1 Å². The predicted octanol–water partition coefficient (Wildman–Crippen LogP) is 2.96. The molecule has 4 heteroatoms. The van der Waals surface area contributed by atoms with Crippen LogP contribution in [0.5, 0.6) is 0 Å². The van der Waals surface area contributed by atoms with Crippen molar-refractivity contribution >= 4 is 11.4 Å². The van der Waals surface area contributed by atoms with E-state index in [1.54, 1.807) is 12.1 Å². The van der Waals surface area contributed by atoms with Gasteiger partial charge in [0.15, 0.2) is 0 Å². The summed E-state index contributed by atoms with van der Waals surface area (Å²) in [5, 5.41) is 10.7. The number of nitro groups is 1. The first-order valence-corrected chi connectivity index (χ1v) is 5.19. The summed E-state index contributed by atoms with van der Waals surface area (Å²) in [6.07, 6.45) is 0. The van der Waals surface area contributed by atoms with Crippen LogP contribution in [0.15, 0.2) is 18.2 Å². The molecule has 1 aromatic carbocycles. The van der Waals surface area contributed by atoms with Crippen molar-refractivity contribution in [2.75, 3.05) is 19.0 Å². The van der Waals surface area contributed by atoms with Gasteiger partial charge in [0.05, 0.1) is 4.92 Å². The fourth-order valence-electron chi connectivity index (χ4n) is 1.64. The minimum atomic E-state index is -0.362. The SMILES string of the molecule is CN(C)c1cc([N+](=O)[O-])ccc1C(C)(C)C. The van der Waals surface area contributed by atoms with Crippen LogP contribution in [0.4, 0.5) is 11.4 Å². The van der Waals surface area contributed by atoms with Crippen molar-refractivity contribution in [2.45, 2.75) is 26.2 Å². The van der Waals surface area contributed by atoms with Crippen molar-refractivity contribution < 1.29 is 4.92 Å². The second kappa shape index (κ2) is 4.12. The Morgan fingerprint density at radius 1 is 1.25 bits per heavy atom. The number of nitro benzene ring substituents is 1. The fraction of sp³-hybridized carbons (Fsp3) is 0.500. The summed E-state index contributed by atoms with van der Waals surface area (Å²) in [5.74, 6) is 0. The van der Waals surface area contributed by atoms with Crippen LogP contribution in [0.25, 0.3) is 0 Å². The molecule has 0 spiro atoms. The first-order chi connectivity index (χ1) is 7.23. The van der Waals surface area contributed by atoms with Gasteiger partial charge in [-0.3, -0.25) is 10.1 Å². The van der Waals surface area contributed by atoms with E-state index >= 15 is 0 Å². The van der Waals surface area contributed by atoms with Crippen LogP contribution < -0.4 is 4.90 Å². The number of non-ortho nitro benzene ring substituents is 1. The zero-order chi connectivity index (χ0) is 12.5. The third-order valence-electron chi connectivity index (χ3n) is 2.48. The van der Waals surface area contributed by atoms with Gasteiger partial charge in [-0.05, 0) is 17.0 Å². The van der Waals surface area contributed by atoms with E-state index in [1.807, 2.05) is 25.1 Å². The van der Waals surface area contributed by atoms with Crippen LogP contribution in [0.3, 0.4) is 0 Å². The van der Waals surface area contributed by atoms with Crippen molar-refractivity contribution in [3.63, 3.8) is 0 Å². The highest BCUT2D eigenvalue weighted by Crippen LogP contribution is 2.33. The summed E-state index contributed by atoms with van der Waals surface area (Å²) < 4.78 is 0. The lowest BCUT2D eigenvalue weighted by molar-refractivity contribution is -0.384. The average molecular weight is 222 g/mol. The van der Waals surface area contributed by atoms with Gasteiger partial charge in [0.1, 0.15) is 0 Å². The maximum Gasteiger partial charge on any atom is 0.271 e. The number of rotatable bonds is 2. The summed E-state index contributed by atoms with van der Waals surface area (Å²) in [5.41, 5.74) is 2.14. The molecular formula is C12H18N2O2. The molecule has 4 nitrogen and oxygen atoms in total. The molecule has 0 atom stereocenters. The van der Waals surface area contributed by atoms with Gasteiger partial charge < -0.3 is 4.90 Å². The minimum absolute atomic E-state index is 0.0191. The number of anilines is 1. The Bertz CT molecular complexity index is 406. The fourth-order valence-corrected chi connectivity index (χ4v) is 1.64. The first-order valence-electron chi connectivity index (χ1n) is 5.19. The number of nitrogens with zero attached hydrogens (tertiary/aromatic N) is 2. The highest BCUT2D eigenvalue weighted by molar-refractivity contribution is 5.60. The standard InChI is InChI=1S/C12H18N2O2/c1-12(2,3)10-7-6-9(14(15)16)8-11(10)13(4)5/h6-8H,1-5H3. The third-order valence-corrected chi connectivity index (χ3v) is 2.48. The van der Waals surface area contributed by atoms with Gasteiger partial charge in [-0.1, -0.05) is 20.8 Å². The number of benzene rings is 1. The monoisotopic (exact) mass is 222 g/mol. The van der Waals surface area contributed by atoms with Crippen LogP contribution in [0, 0.1) is 10.1 Å². The molecule has 0 amide bonds. The van der Waals surface area contributed by atoms with E-state index < -0.39 is 0 Å². The molecule has 0 aliphatic rings. The molecule has 0 heterocycles. The Hall–Kier alpha value is -1.58. The Balaban J connectivity index is 3.37. The van der Waals surface area contributed by atoms with Crippen LogP contribution in [0.1, 0.15) is 26.3 Å². The average Bonchev–Trinajstić information content (AvgIpc) is 2.15. The molecule has 0 aromatic heterocycles. The molecule has 88 valence electrons. The lowest BCUT2D eigenvalue weighted by atomic mass is 9.85. The van der Waals surface area contributed by atoms with Crippen LogP contribution in [-0.4, -0.2) is 19.0 Å². The molecule has 0 N–H and O–H groups in total. The second-order valence-electron chi connectivity index (χ2n) is 5.10. The van der Waals surface area contributed by atoms with Crippen LogP contribution in [0.2, 0.25) is 0 Å². The van der Waals surface area contributed by atoms with Gasteiger partial charge in [0, 0.05) is 31.9 Å². The maximum absolute atomic E-state index is 10.7. The lowest BCUT2D eigenvalue weighted by Crippen LogP contribution is -2.19. The third kappa shape index (κ3) is 2.51. The summed E-state index contributed by atoms with van der Waals surface area (Å²) in [6, 6.07) is 5.03. The largest absolute Gasteiger partial charge is 0.377 e. The van der Waals surface area contributed by atoms with E-state index in [4.69, 9.17) is 0 Å². The summed E-state index contributed by atoms with van der Waals surface area (Å²) in [7, 11) is 3.79. The van der Waals surface area contributed by atoms with Crippen LogP contribution in [-0.2, 0) is 5.41 Å². The summed E-state index contributed by atoms with van der Waals surface area (Å²) in [4.78, 5) is 12.3. The second-order valence-corrected chi connectivity index (χ2v) is 5.10. The molecule has 0 saturated carbocycles. The van der Waals surface area contributed by atoms with Crippen molar-refractivity contribution in [3.8, 4) is 0 Å². The normalized spacial score (nSPS) is 11.3. The van der Waals surface area contributed by atoms with Crippen molar-refractivity contribution in [2.24, 2.45) is 0 Å². The zero-order valence-electron chi connectivity index (χ0n) is 10.4. The van der Waals surface area contributed by atoms with Gasteiger partial charge in [-0.25, -0.2) is 0 Å². The molecule has 0 bridgehead atoms. The van der Waals surface area contributed by atoms with Crippen molar-refractivity contribution in [1.29, 1.82) is 0 Å². The highest BCUT2D eigenvalue weighted by atomic mass is 16.6. The molecular weight excluding hydrogens is 204 g/mol. The van der Waals surface area contributed by atoms with Gasteiger partial charge in [-0.15, -0.1) is 0 Å². The van der Waals surface area contributed by atoms with Crippen molar-refractivity contribution in [3.05, 3.63) is 33.9 Å². The molecule has 0 fully saturated rings. The number of hydrogen-bond acceptors (Lipinski definition) is 3. The predicted molar refractivity (Wildman–Crippen MR) is 66.1 cm³/mol. The summed E-state index contributed by atoms with van der Waals surface area (Å²) >= 11 is 0. The molecule has 0 aliphatic heterocycles. The van der Waals surface area contributed by atoms with Gasteiger partial charge in [0.2, 0.25) is 0 Å². The van der Waals surface area contributed by atoms with E-state index in [1.165, 1.54) is 0 Å². The van der Waals surface area contributed by atoms with Crippen molar-refractivity contribution in [1.82, 2.24) is 0 Å². The quantitative estimate of drug-likeness (QED) is 0.571. The van der Waals surface area contributed by atoms with E-state index in [0.29, 0.717) is 0 Å². The molecule has 0 aliphatic carbocycles. The van der Waals surface area contributed by atoms with E-state index in [-0.39, 0.29) is 16.0 Å². The van der Waals surface area contributed by atoms with Gasteiger partial charge >= 0.3 is 0 Å². The molecule has 0 saturated heterocycles. The molecule has 0 unspecified atom stereocenters. The zero-order valence-corrected chi connectivity index (χ0v) is 10.4. The minimum Gasteiger partial charge on any atom is -0.377 e. The van der Waals surface area contributed by atoms with Gasteiger partial charge in [0.25, 0.3) is 5.69 Å². The Kier molecular flexibility index (Phi) is 3.21.